The standard InChI is InChI=1S/C17H18N8O2S/c1-10-8-11(2)25(22-10)16-20-21-17(24(16)18)28-9-14-19-15(27-23-14)12-4-6-13(26-3)7-5-12/h4-8H,9,18H2,1-3H3. The largest absolute Gasteiger partial charge is 0.497 e. The summed E-state index contributed by atoms with van der Waals surface area (Å²) in [7, 11) is 1.62. The summed E-state index contributed by atoms with van der Waals surface area (Å²) < 4.78 is 13.5. The van der Waals surface area contributed by atoms with Crippen molar-refractivity contribution in [2.75, 3.05) is 13.0 Å². The van der Waals surface area contributed by atoms with E-state index in [1.807, 2.05) is 44.2 Å². The maximum absolute atomic E-state index is 6.14. The molecule has 4 aromatic rings. The van der Waals surface area contributed by atoms with Crippen LogP contribution in [-0.2, 0) is 5.75 Å². The van der Waals surface area contributed by atoms with Crippen molar-refractivity contribution < 1.29 is 9.26 Å². The fraction of sp³-hybridized carbons (Fsp3) is 0.235. The van der Waals surface area contributed by atoms with E-state index >= 15 is 0 Å². The van der Waals surface area contributed by atoms with E-state index in [0.717, 1.165) is 22.7 Å². The van der Waals surface area contributed by atoms with E-state index < -0.39 is 0 Å². The van der Waals surface area contributed by atoms with Crippen molar-refractivity contribution in [2.24, 2.45) is 0 Å². The van der Waals surface area contributed by atoms with Crippen molar-refractivity contribution in [1.29, 1.82) is 0 Å². The lowest BCUT2D eigenvalue weighted by Crippen LogP contribution is -2.17. The molecule has 0 radical (unpaired) electrons. The first-order valence-corrected chi connectivity index (χ1v) is 9.37. The van der Waals surface area contributed by atoms with Crippen LogP contribution >= 0.6 is 11.8 Å². The van der Waals surface area contributed by atoms with Crippen LogP contribution in [0.25, 0.3) is 17.4 Å². The highest BCUT2D eigenvalue weighted by Gasteiger charge is 2.16. The summed E-state index contributed by atoms with van der Waals surface area (Å²) in [6.07, 6.45) is 0. The van der Waals surface area contributed by atoms with Crippen LogP contribution < -0.4 is 10.6 Å². The molecule has 0 atom stereocenters. The number of aryl methyl sites for hydroxylation is 2. The highest BCUT2D eigenvalue weighted by molar-refractivity contribution is 7.98. The van der Waals surface area contributed by atoms with Gasteiger partial charge >= 0.3 is 0 Å². The lowest BCUT2D eigenvalue weighted by atomic mass is 10.2. The molecule has 0 spiro atoms. The van der Waals surface area contributed by atoms with Gasteiger partial charge < -0.3 is 15.1 Å². The molecule has 3 heterocycles. The molecule has 0 bridgehead atoms. The molecule has 11 heteroatoms. The highest BCUT2D eigenvalue weighted by Crippen LogP contribution is 2.24. The maximum Gasteiger partial charge on any atom is 0.271 e. The fourth-order valence-electron chi connectivity index (χ4n) is 2.64. The number of nitrogen functional groups attached to an aromatic ring is 1. The van der Waals surface area contributed by atoms with Crippen LogP contribution in [0, 0.1) is 13.8 Å². The van der Waals surface area contributed by atoms with Gasteiger partial charge in [0.2, 0.25) is 5.16 Å². The van der Waals surface area contributed by atoms with E-state index in [4.69, 9.17) is 15.1 Å². The van der Waals surface area contributed by atoms with E-state index in [9.17, 15) is 0 Å². The predicted molar refractivity (Wildman–Crippen MR) is 103 cm³/mol. The van der Waals surface area contributed by atoms with E-state index in [2.05, 4.69) is 25.4 Å². The molecule has 144 valence electrons. The topological polar surface area (TPSA) is 123 Å². The van der Waals surface area contributed by atoms with Crippen LogP contribution in [0.1, 0.15) is 17.2 Å². The van der Waals surface area contributed by atoms with Crippen molar-refractivity contribution in [3.05, 3.63) is 47.5 Å². The van der Waals surface area contributed by atoms with Gasteiger partial charge in [0.05, 0.1) is 18.6 Å². The van der Waals surface area contributed by atoms with Gasteiger partial charge in [-0.1, -0.05) is 16.9 Å². The Morgan fingerprint density at radius 2 is 1.96 bits per heavy atom. The SMILES string of the molecule is COc1ccc(-c2nc(CSc3nnc(-n4nc(C)cc4C)n3N)no2)cc1. The number of ether oxygens (including phenoxy) is 1. The summed E-state index contributed by atoms with van der Waals surface area (Å²) in [5, 5.41) is 17.2. The van der Waals surface area contributed by atoms with Gasteiger partial charge in [0.15, 0.2) is 5.82 Å². The molecule has 0 saturated carbocycles. The van der Waals surface area contributed by atoms with Crippen LogP contribution in [0.3, 0.4) is 0 Å². The summed E-state index contributed by atoms with van der Waals surface area (Å²) in [5.74, 6) is 8.75. The first kappa shape index (κ1) is 18.0. The molecule has 0 amide bonds. The van der Waals surface area contributed by atoms with Crippen molar-refractivity contribution in [3.63, 3.8) is 0 Å². The van der Waals surface area contributed by atoms with E-state index in [0.29, 0.717) is 28.6 Å². The summed E-state index contributed by atoms with van der Waals surface area (Å²) >= 11 is 1.36. The molecule has 0 aliphatic rings. The molecule has 4 rings (SSSR count). The van der Waals surface area contributed by atoms with Gasteiger partial charge in [0, 0.05) is 11.3 Å². The second-order valence-electron chi connectivity index (χ2n) is 6.02. The Morgan fingerprint density at radius 1 is 1.18 bits per heavy atom. The third kappa shape index (κ3) is 3.43. The number of rotatable bonds is 6. The number of hydrogen-bond donors (Lipinski definition) is 1. The molecule has 10 nitrogen and oxygen atoms in total. The van der Waals surface area contributed by atoms with Gasteiger partial charge in [0.25, 0.3) is 11.8 Å². The van der Waals surface area contributed by atoms with E-state index in [-0.39, 0.29) is 0 Å². The zero-order valence-electron chi connectivity index (χ0n) is 15.5. The van der Waals surface area contributed by atoms with Gasteiger partial charge in [-0.2, -0.15) is 10.1 Å². The normalized spacial score (nSPS) is 11.1. The first-order chi connectivity index (χ1) is 13.5. The van der Waals surface area contributed by atoms with Crippen molar-refractivity contribution in [3.8, 4) is 23.2 Å². The Labute approximate surface area is 164 Å². The summed E-state index contributed by atoms with van der Waals surface area (Å²) in [6.45, 7) is 3.84. The molecule has 0 fully saturated rings. The van der Waals surface area contributed by atoms with Gasteiger partial charge in [-0.25, -0.2) is 9.36 Å². The number of nitrogens with zero attached hydrogens (tertiary/aromatic N) is 7. The average molecular weight is 398 g/mol. The molecular weight excluding hydrogens is 380 g/mol. The van der Waals surface area contributed by atoms with Gasteiger partial charge in [-0.05, 0) is 44.2 Å². The number of methoxy groups -OCH3 is 1. The summed E-state index contributed by atoms with van der Waals surface area (Å²) in [4.78, 5) is 4.41. The molecule has 1 aromatic carbocycles. The second-order valence-corrected chi connectivity index (χ2v) is 6.97. The minimum atomic E-state index is 0.437. The fourth-order valence-corrected chi connectivity index (χ4v) is 3.33. The number of benzene rings is 1. The maximum atomic E-state index is 6.14. The number of thioether (sulfide) groups is 1. The smallest absolute Gasteiger partial charge is 0.271 e. The van der Waals surface area contributed by atoms with Gasteiger partial charge in [-0.15, -0.1) is 10.2 Å². The molecule has 2 N–H and O–H groups in total. The zero-order valence-corrected chi connectivity index (χ0v) is 16.3. The molecule has 0 aliphatic carbocycles. The van der Waals surface area contributed by atoms with Crippen molar-refractivity contribution in [2.45, 2.75) is 24.8 Å². The van der Waals surface area contributed by atoms with Crippen LogP contribution in [0.2, 0.25) is 0 Å². The molecule has 0 aliphatic heterocycles. The first-order valence-electron chi connectivity index (χ1n) is 8.39. The van der Waals surface area contributed by atoms with Crippen molar-refractivity contribution >= 4 is 11.8 Å². The van der Waals surface area contributed by atoms with Crippen LogP contribution in [0.15, 0.2) is 40.0 Å². The Balaban J connectivity index is 1.47. The molecule has 0 saturated heterocycles. The third-order valence-electron chi connectivity index (χ3n) is 3.98. The second kappa shape index (κ2) is 7.35. The third-order valence-corrected chi connectivity index (χ3v) is 4.92. The number of aromatic nitrogens is 7. The minimum absolute atomic E-state index is 0.437. The van der Waals surface area contributed by atoms with Crippen LogP contribution in [0.4, 0.5) is 0 Å². The van der Waals surface area contributed by atoms with Crippen LogP contribution in [0.5, 0.6) is 5.75 Å². The molecular formula is C17H18N8O2S. The Bertz CT molecular complexity index is 1100. The zero-order chi connectivity index (χ0) is 19.7. The Hall–Kier alpha value is -3.34. The number of hydrogen-bond acceptors (Lipinski definition) is 9. The highest BCUT2D eigenvalue weighted by atomic mass is 32.2. The minimum Gasteiger partial charge on any atom is -0.497 e. The van der Waals surface area contributed by atoms with Crippen LogP contribution in [-0.4, -0.2) is 41.9 Å². The Morgan fingerprint density at radius 3 is 2.64 bits per heavy atom. The molecule has 0 unspecified atom stereocenters. The van der Waals surface area contributed by atoms with Crippen molar-refractivity contribution in [1.82, 2.24) is 34.8 Å². The van der Waals surface area contributed by atoms with Gasteiger partial charge in [0.1, 0.15) is 5.75 Å². The van der Waals surface area contributed by atoms with E-state index in [1.165, 1.54) is 16.4 Å². The number of nitrogens with two attached hydrogens (primary N) is 1. The Kier molecular flexibility index (Phi) is 4.74. The molecule has 3 aromatic heterocycles. The monoisotopic (exact) mass is 398 g/mol. The lowest BCUT2D eigenvalue weighted by Gasteiger charge is -2.03. The quantitative estimate of drug-likeness (QED) is 0.384. The summed E-state index contributed by atoms with van der Waals surface area (Å²) in [5.41, 5.74) is 2.63. The van der Waals surface area contributed by atoms with E-state index in [1.54, 1.807) is 11.8 Å². The molecule has 28 heavy (non-hydrogen) atoms. The van der Waals surface area contributed by atoms with Gasteiger partial charge in [-0.3, -0.25) is 0 Å². The predicted octanol–water partition coefficient (Wildman–Crippen LogP) is 2.15. The summed E-state index contributed by atoms with van der Waals surface area (Å²) in [6, 6.07) is 9.35. The average Bonchev–Trinajstić information content (AvgIpc) is 3.39. The lowest BCUT2D eigenvalue weighted by molar-refractivity contribution is 0.414.